The van der Waals surface area contributed by atoms with Crippen molar-refractivity contribution in [3.05, 3.63) is 23.3 Å². The van der Waals surface area contributed by atoms with Gasteiger partial charge in [0.05, 0.1) is 7.11 Å². The van der Waals surface area contributed by atoms with Crippen molar-refractivity contribution in [2.45, 2.75) is 24.2 Å². The van der Waals surface area contributed by atoms with Gasteiger partial charge in [-0.2, -0.15) is 0 Å². The summed E-state index contributed by atoms with van der Waals surface area (Å²) < 4.78 is 27.7. The predicted octanol–water partition coefficient (Wildman–Crippen LogP) is 0.831. The van der Waals surface area contributed by atoms with Gasteiger partial charge in [0, 0.05) is 0 Å². The van der Waals surface area contributed by atoms with Gasteiger partial charge >= 0.3 is 0 Å². The molecule has 0 saturated heterocycles. The number of hydrogen-bond donors (Lipinski definition) is 1. The molecule has 0 radical (unpaired) electrons. The van der Waals surface area contributed by atoms with Gasteiger partial charge < -0.3 is 4.74 Å². The molecule has 1 aliphatic rings. The first-order chi connectivity index (χ1) is 7.02. The minimum absolute atomic E-state index is 0.0886. The van der Waals surface area contributed by atoms with E-state index in [0.717, 1.165) is 24.8 Å². The summed E-state index contributed by atoms with van der Waals surface area (Å²) in [5, 5.41) is 5.12. The average Bonchev–Trinajstić information content (AvgIpc) is 2.60. The lowest BCUT2D eigenvalue weighted by Crippen LogP contribution is -2.14. The molecule has 1 aromatic rings. The van der Waals surface area contributed by atoms with Gasteiger partial charge in [0.1, 0.15) is 10.6 Å². The van der Waals surface area contributed by atoms with E-state index in [4.69, 9.17) is 9.88 Å². The van der Waals surface area contributed by atoms with Crippen molar-refractivity contribution < 1.29 is 13.2 Å². The molecule has 1 aromatic carbocycles. The van der Waals surface area contributed by atoms with E-state index in [0.29, 0.717) is 5.75 Å². The molecule has 0 aliphatic heterocycles. The number of fused-ring (bicyclic) bond motifs is 1. The SMILES string of the molecule is COc1cc2c(cc1S(N)(=O)=O)CCC2. The Morgan fingerprint density at radius 2 is 1.87 bits per heavy atom. The van der Waals surface area contributed by atoms with Gasteiger partial charge in [0.15, 0.2) is 0 Å². The Balaban J connectivity index is 2.64. The van der Waals surface area contributed by atoms with E-state index in [9.17, 15) is 8.42 Å². The molecule has 0 amide bonds. The van der Waals surface area contributed by atoms with Gasteiger partial charge in [-0.05, 0) is 42.5 Å². The van der Waals surface area contributed by atoms with Crippen molar-refractivity contribution in [2.24, 2.45) is 5.14 Å². The van der Waals surface area contributed by atoms with Crippen LogP contribution >= 0.6 is 0 Å². The third-order valence-corrected chi connectivity index (χ3v) is 3.62. The minimum atomic E-state index is -3.69. The topological polar surface area (TPSA) is 69.4 Å². The molecule has 2 N–H and O–H groups in total. The van der Waals surface area contributed by atoms with E-state index < -0.39 is 10.0 Å². The number of rotatable bonds is 2. The highest BCUT2D eigenvalue weighted by molar-refractivity contribution is 7.89. The van der Waals surface area contributed by atoms with Crippen LogP contribution in [0.25, 0.3) is 0 Å². The molecule has 2 rings (SSSR count). The van der Waals surface area contributed by atoms with Crippen LogP contribution in [0.3, 0.4) is 0 Å². The number of methoxy groups -OCH3 is 1. The summed E-state index contributed by atoms with van der Waals surface area (Å²) in [6.45, 7) is 0. The number of sulfonamides is 1. The zero-order valence-electron chi connectivity index (χ0n) is 8.49. The van der Waals surface area contributed by atoms with E-state index in [1.807, 2.05) is 0 Å². The van der Waals surface area contributed by atoms with Gasteiger partial charge in [0.25, 0.3) is 0 Å². The van der Waals surface area contributed by atoms with Crippen LogP contribution in [0, 0.1) is 0 Å². The molecular formula is C10H13NO3S. The van der Waals surface area contributed by atoms with Gasteiger partial charge in [-0.3, -0.25) is 0 Å². The van der Waals surface area contributed by atoms with Crippen LogP contribution in [-0.2, 0) is 22.9 Å². The standard InChI is InChI=1S/C10H13NO3S/c1-14-9-5-7-3-2-4-8(7)6-10(9)15(11,12)13/h5-6H,2-4H2,1H3,(H2,11,12,13). The number of aryl methyl sites for hydroxylation is 2. The van der Waals surface area contributed by atoms with E-state index >= 15 is 0 Å². The molecule has 0 heterocycles. The fourth-order valence-corrected chi connectivity index (χ4v) is 2.69. The zero-order valence-corrected chi connectivity index (χ0v) is 9.30. The molecule has 0 unspecified atom stereocenters. The Bertz CT molecular complexity index is 494. The maximum atomic E-state index is 11.3. The van der Waals surface area contributed by atoms with Crippen molar-refractivity contribution in [2.75, 3.05) is 7.11 Å². The fraction of sp³-hybridized carbons (Fsp3) is 0.400. The van der Waals surface area contributed by atoms with Gasteiger partial charge in [0.2, 0.25) is 10.0 Å². The quantitative estimate of drug-likeness (QED) is 0.813. The molecule has 82 valence electrons. The first-order valence-electron chi connectivity index (χ1n) is 4.75. The Morgan fingerprint density at radius 3 is 2.40 bits per heavy atom. The number of hydrogen-bond acceptors (Lipinski definition) is 3. The second kappa shape index (κ2) is 3.50. The van der Waals surface area contributed by atoms with Crippen LogP contribution in [-0.4, -0.2) is 15.5 Å². The van der Waals surface area contributed by atoms with Crippen molar-refractivity contribution in [3.63, 3.8) is 0 Å². The lowest BCUT2D eigenvalue weighted by molar-refractivity contribution is 0.402. The molecule has 5 heteroatoms. The Morgan fingerprint density at radius 1 is 1.27 bits per heavy atom. The molecular weight excluding hydrogens is 214 g/mol. The predicted molar refractivity (Wildman–Crippen MR) is 56.4 cm³/mol. The van der Waals surface area contributed by atoms with E-state index in [2.05, 4.69) is 0 Å². The summed E-state index contributed by atoms with van der Waals surface area (Å²) in [7, 11) is -2.24. The average molecular weight is 227 g/mol. The van der Waals surface area contributed by atoms with Crippen LogP contribution in [0.1, 0.15) is 17.5 Å². The normalized spacial score (nSPS) is 15.1. The molecule has 0 fully saturated rings. The third kappa shape index (κ3) is 1.85. The molecule has 0 spiro atoms. The van der Waals surface area contributed by atoms with Crippen LogP contribution in [0.4, 0.5) is 0 Å². The maximum Gasteiger partial charge on any atom is 0.241 e. The van der Waals surface area contributed by atoms with Crippen molar-refractivity contribution in [3.8, 4) is 5.75 Å². The highest BCUT2D eigenvalue weighted by Gasteiger charge is 2.20. The number of nitrogens with two attached hydrogens (primary N) is 1. The Hall–Kier alpha value is -1.07. The summed E-state index contributed by atoms with van der Waals surface area (Å²) >= 11 is 0. The van der Waals surface area contributed by atoms with Crippen LogP contribution < -0.4 is 9.88 Å². The lowest BCUT2D eigenvalue weighted by atomic mass is 10.1. The minimum Gasteiger partial charge on any atom is -0.495 e. The van der Waals surface area contributed by atoms with Crippen LogP contribution in [0.5, 0.6) is 5.75 Å². The fourth-order valence-electron chi connectivity index (χ4n) is 1.96. The summed E-state index contributed by atoms with van der Waals surface area (Å²) in [6, 6.07) is 3.42. The summed E-state index contributed by atoms with van der Waals surface area (Å²) in [5.74, 6) is 0.346. The first-order valence-corrected chi connectivity index (χ1v) is 6.29. The Kier molecular flexibility index (Phi) is 2.44. The largest absolute Gasteiger partial charge is 0.495 e. The molecule has 0 atom stereocenters. The van der Waals surface area contributed by atoms with E-state index in [-0.39, 0.29) is 4.90 Å². The van der Waals surface area contributed by atoms with Gasteiger partial charge in [-0.15, -0.1) is 0 Å². The summed E-state index contributed by atoms with van der Waals surface area (Å²) in [5.41, 5.74) is 2.24. The highest BCUT2D eigenvalue weighted by Crippen LogP contribution is 2.31. The first kappa shape index (κ1) is 10.4. The number of primary sulfonamides is 1. The van der Waals surface area contributed by atoms with Gasteiger partial charge in [-0.1, -0.05) is 0 Å². The van der Waals surface area contributed by atoms with E-state index in [1.54, 1.807) is 12.1 Å². The number of benzene rings is 1. The van der Waals surface area contributed by atoms with Crippen LogP contribution in [0.2, 0.25) is 0 Å². The summed E-state index contributed by atoms with van der Waals surface area (Å²) in [6.07, 6.45) is 2.96. The zero-order chi connectivity index (χ0) is 11.1. The van der Waals surface area contributed by atoms with E-state index in [1.165, 1.54) is 12.7 Å². The molecule has 0 saturated carbocycles. The lowest BCUT2D eigenvalue weighted by Gasteiger charge is -2.09. The molecule has 15 heavy (non-hydrogen) atoms. The van der Waals surface area contributed by atoms with Gasteiger partial charge in [-0.25, -0.2) is 13.6 Å². The highest BCUT2D eigenvalue weighted by atomic mass is 32.2. The van der Waals surface area contributed by atoms with Crippen molar-refractivity contribution >= 4 is 10.0 Å². The number of ether oxygens (including phenoxy) is 1. The third-order valence-electron chi connectivity index (χ3n) is 2.68. The van der Waals surface area contributed by atoms with Crippen molar-refractivity contribution in [1.29, 1.82) is 0 Å². The summed E-state index contributed by atoms with van der Waals surface area (Å²) in [4.78, 5) is 0.0886. The van der Waals surface area contributed by atoms with Crippen LogP contribution in [0.15, 0.2) is 17.0 Å². The maximum absolute atomic E-state index is 11.3. The molecule has 1 aliphatic carbocycles. The molecule has 0 aromatic heterocycles. The second-order valence-corrected chi connectivity index (χ2v) is 5.20. The molecule has 0 bridgehead atoms. The second-order valence-electron chi connectivity index (χ2n) is 3.67. The smallest absolute Gasteiger partial charge is 0.241 e. The van der Waals surface area contributed by atoms with Crippen molar-refractivity contribution in [1.82, 2.24) is 0 Å². The molecule has 4 nitrogen and oxygen atoms in total. The Labute approximate surface area is 89.1 Å². The monoisotopic (exact) mass is 227 g/mol.